The standard InChI is InChI=1S/C25H21ClF3N3O4.CH4/c1-30-24(35)21-12-17(6-7-31-21)36-16-4-2-13-10-22(33)18(9-14(13)8-16)23(34)32-15-3-5-20(26)19(11-15)25(27,28)29;/h2-8,11-12,18,22,33H,9-10H2,1H3,(H,30,35)(H,32,34);1H4. The molecule has 0 radical (unpaired) electrons. The fourth-order valence-corrected chi connectivity index (χ4v) is 4.21. The van der Waals surface area contributed by atoms with Gasteiger partial charge in [0.2, 0.25) is 5.91 Å². The summed E-state index contributed by atoms with van der Waals surface area (Å²) in [7, 11) is 1.49. The number of carbonyl (C=O) groups excluding carboxylic acids is 2. The lowest BCUT2D eigenvalue weighted by molar-refractivity contribution is -0.137. The molecule has 3 aromatic rings. The molecule has 4 rings (SSSR count). The van der Waals surface area contributed by atoms with E-state index < -0.39 is 34.7 Å². The molecule has 37 heavy (non-hydrogen) atoms. The lowest BCUT2D eigenvalue weighted by atomic mass is 9.81. The predicted octanol–water partition coefficient (Wildman–Crippen LogP) is 5.26. The number of nitrogens with zero attached hydrogens (tertiary/aromatic N) is 1. The first kappa shape index (κ1) is 27.9. The van der Waals surface area contributed by atoms with E-state index in [-0.39, 0.29) is 37.6 Å². The Hall–Kier alpha value is -3.63. The number of aromatic nitrogens is 1. The van der Waals surface area contributed by atoms with Crippen LogP contribution in [0.2, 0.25) is 5.02 Å². The number of amides is 2. The third-order valence-corrected chi connectivity index (χ3v) is 6.14. The largest absolute Gasteiger partial charge is 0.457 e. The molecule has 1 aliphatic carbocycles. The van der Waals surface area contributed by atoms with Gasteiger partial charge >= 0.3 is 6.18 Å². The van der Waals surface area contributed by atoms with Crippen LogP contribution in [0.4, 0.5) is 18.9 Å². The first-order valence-corrected chi connectivity index (χ1v) is 11.3. The van der Waals surface area contributed by atoms with E-state index in [9.17, 15) is 27.9 Å². The summed E-state index contributed by atoms with van der Waals surface area (Å²) in [6, 6.07) is 11.4. The van der Waals surface area contributed by atoms with Crippen molar-refractivity contribution in [3.05, 3.63) is 82.1 Å². The van der Waals surface area contributed by atoms with Gasteiger partial charge in [-0.25, -0.2) is 0 Å². The van der Waals surface area contributed by atoms with E-state index in [0.29, 0.717) is 11.5 Å². The lowest BCUT2D eigenvalue weighted by Crippen LogP contribution is -2.39. The van der Waals surface area contributed by atoms with Crippen LogP contribution < -0.4 is 15.4 Å². The number of halogens is 4. The van der Waals surface area contributed by atoms with Gasteiger partial charge in [-0.2, -0.15) is 13.2 Å². The fraction of sp³-hybridized carbons (Fsp3) is 0.269. The Balaban J connectivity index is 0.00000380. The quantitative estimate of drug-likeness (QED) is 0.414. The van der Waals surface area contributed by atoms with Crippen LogP contribution in [0.25, 0.3) is 0 Å². The highest BCUT2D eigenvalue weighted by Gasteiger charge is 2.35. The van der Waals surface area contributed by atoms with Crippen LogP contribution in [0.3, 0.4) is 0 Å². The topological polar surface area (TPSA) is 101 Å². The molecular weight excluding hydrogens is 511 g/mol. The Morgan fingerprint density at radius 3 is 2.49 bits per heavy atom. The summed E-state index contributed by atoms with van der Waals surface area (Å²) >= 11 is 5.64. The smallest absolute Gasteiger partial charge is 0.417 e. The number of alkyl halides is 3. The third-order valence-electron chi connectivity index (χ3n) is 5.81. The number of hydrogen-bond donors (Lipinski definition) is 3. The van der Waals surface area contributed by atoms with Crippen molar-refractivity contribution in [3.8, 4) is 11.5 Å². The second-order valence-corrected chi connectivity index (χ2v) is 8.66. The molecule has 0 saturated carbocycles. The minimum absolute atomic E-state index is 0. The van der Waals surface area contributed by atoms with Gasteiger partial charge in [0.15, 0.2) is 0 Å². The third kappa shape index (κ3) is 6.39. The molecule has 1 heterocycles. The number of fused-ring (bicyclic) bond motifs is 1. The molecule has 11 heteroatoms. The Bertz CT molecular complexity index is 1320. The number of ether oxygens (including phenoxy) is 1. The summed E-state index contributed by atoms with van der Waals surface area (Å²) in [6.45, 7) is 0. The van der Waals surface area contributed by atoms with E-state index >= 15 is 0 Å². The van der Waals surface area contributed by atoms with Crippen molar-refractivity contribution in [2.75, 3.05) is 12.4 Å². The first-order chi connectivity index (χ1) is 17.0. The molecule has 3 N–H and O–H groups in total. The zero-order valence-corrected chi connectivity index (χ0v) is 19.7. The van der Waals surface area contributed by atoms with Crippen molar-refractivity contribution < 1.29 is 32.6 Å². The van der Waals surface area contributed by atoms with E-state index in [1.807, 2.05) is 0 Å². The van der Waals surface area contributed by atoms with E-state index in [4.69, 9.17) is 16.3 Å². The maximum atomic E-state index is 13.1. The molecule has 7 nitrogen and oxygen atoms in total. The molecule has 1 aliphatic rings. The molecule has 0 aliphatic heterocycles. The molecule has 2 aromatic carbocycles. The van der Waals surface area contributed by atoms with Gasteiger partial charge in [0, 0.05) is 25.0 Å². The van der Waals surface area contributed by atoms with Crippen molar-refractivity contribution >= 4 is 29.1 Å². The summed E-state index contributed by atoms with van der Waals surface area (Å²) in [4.78, 5) is 28.7. The molecule has 2 atom stereocenters. The van der Waals surface area contributed by atoms with Gasteiger partial charge in [-0.15, -0.1) is 0 Å². The van der Waals surface area contributed by atoms with Crippen molar-refractivity contribution in [1.82, 2.24) is 10.3 Å². The van der Waals surface area contributed by atoms with Gasteiger partial charge in [-0.05, 0) is 60.4 Å². The highest BCUT2D eigenvalue weighted by Crippen LogP contribution is 2.37. The molecule has 0 bridgehead atoms. The minimum atomic E-state index is -4.67. The molecular formula is C26H25ClF3N3O4. The van der Waals surface area contributed by atoms with Crippen LogP contribution in [0.15, 0.2) is 54.7 Å². The van der Waals surface area contributed by atoms with E-state index in [1.165, 1.54) is 25.4 Å². The first-order valence-electron chi connectivity index (χ1n) is 10.9. The van der Waals surface area contributed by atoms with E-state index in [1.54, 1.807) is 24.3 Å². The summed E-state index contributed by atoms with van der Waals surface area (Å²) < 4.78 is 45.3. The summed E-state index contributed by atoms with van der Waals surface area (Å²) in [5, 5.41) is 15.0. The molecule has 2 amide bonds. The van der Waals surface area contributed by atoms with Gasteiger partial charge in [-0.1, -0.05) is 25.1 Å². The second kappa shape index (κ2) is 11.2. The Morgan fingerprint density at radius 2 is 1.78 bits per heavy atom. The van der Waals surface area contributed by atoms with Crippen LogP contribution in [-0.4, -0.2) is 35.1 Å². The monoisotopic (exact) mass is 535 g/mol. The highest BCUT2D eigenvalue weighted by atomic mass is 35.5. The molecule has 1 aromatic heterocycles. The number of nitrogens with one attached hydrogen (secondary N) is 2. The van der Waals surface area contributed by atoms with Crippen LogP contribution in [-0.2, 0) is 23.8 Å². The fourth-order valence-electron chi connectivity index (χ4n) is 3.98. The van der Waals surface area contributed by atoms with Crippen molar-refractivity contribution in [2.45, 2.75) is 32.5 Å². The number of hydrogen-bond acceptors (Lipinski definition) is 5. The van der Waals surface area contributed by atoms with Crippen LogP contribution in [0, 0.1) is 5.92 Å². The number of pyridine rings is 1. The number of benzene rings is 2. The number of aliphatic hydroxyl groups is 1. The molecule has 2 unspecified atom stereocenters. The molecule has 0 fully saturated rings. The number of rotatable bonds is 5. The van der Waals surface area contributed by atoms with Crippen LogP contribution >= 0.6 is 11.6 Å². The Kier molecular flexibility index (Phi) is 8.45. The van der Waals surface area contributed by atoms with Gasteiger partial charge in [0.05, 0.1) is 22.6 Å². The average molecular weight is 536 g/mol. The van der Waals surface area contributed by atoms with Crippen LogP contribution in [0.5, 0.6) is 11.5 Å². The van der Waals surface area contributed by atoms with Crippen molar-refractivity contribution in [1.29, 1.82) is 0 Å². The van der Waals surface area contributed by atoms with Crippen molar-refractivity contribution in [2.24, 2.45) is 5.92 Å². The predicted molar refractivity (Wildman–Crippen MR) is 133 cm³/mol. The van der Waals surface area contributed by atoms with Gasteiger partial charge in [0.1, 0.15) is 17.2 Å². The maximum absolute atomic E-state index is 13.1. The van der Waals surface area contributed by atoms with E-state index in [0.717, 1.165) is 23.3 Å². The Labute approximate surface area is 216 Å². The minimum Gasteiger partial charge on any atom is -0.457 e. The van der Waals surface area contributed by atoms with Gasteiger partial charge in [-0.3, -0.25) is 14.6 Å². The number of carbonyl (C=O) groups is 2. The second-order valence-electron chi connectivity index (χ2n) is 8.25. The summed E-state index contributed by atoms with van der Waals surface area (Å²) in [5.41, 5.74) is 0.630. The van der Waals surface area contributed by atoms with Gasteiger partial charge < -0.3 is 20.5 Å². The maximum Gasteiger partial charge on any atom is 0.417 e. The highest BCUT2D eigenvalue weighted by molar-refractivity contribution is 6.31. The Morgan fingerprint density at radius 1 is 1.05 bits per heavy atom. The van der Waals surface area contributed by atoms with E-state index in [2.05, 4.69) is 15.6 Å². The molecule has 0 saturated heterocycles. The summed E-state index contributed by atoms with van der Waals surface area (Å²) in [6.07, 6.45) is -3.91. The molecule has 0 spiro atoms. The molecule has 196 valence electrons. The normalized spacial score (nSPS) is 16.7. The number of anilines is 1. The zero-order chi connectivity index (χ0) is 26.0. The average Bonchev–Trinajstić information content (AvgIpc) is 2.84. The van der Waals surface area contributed by atoms with Crippen LogP contribution in [0.1, 0.15) is 34.6 Å². The number of aliphatic hydroxyl groups excluding tert-OH is 1. The SMILES string of the molecule is C.CNC(=O)c1cc(Oc2ccc3c(c2)CC(C(=O)Nc2ccc(Cl)c(C(F)(F)F)c2)C(O)C3)ccn1. The summed E-state index contributed by atoms with van der Waals surface area (Å²) in [5.74, 6) is -1.03. The van der Waals surface area contributed by atoms with Crippen molar-refractivity contribution in [3.63, 3.8) is 0 Å². The lowest BCUT2D eigenvalue weighted by Gasteiger charge is -2.29. The zero-order valence-electron chi connectivity index (χ0n) is 18.9. The van der Waals surface area contributed by atoms with Gasteiger partial charge in [0.25, 0.3) is 5.91 Å².